The Hall–Kier alpha value is -0.0400. The number of hydrogen-bond donors (Lipinski definition) is 1. The van der Waals surface area contributed by atoms with E-state index in [2.05, 4.69) is 14.0 Å². The molecule has 0 radical (unpaired) electrons. The lowest BCUT2D eigenvalue weighted by Crippen LogP contribution is -3.15. The van der Waals surface area contributed by atoms with Crippen LogP contribution in [0.4, 0.5) is 0 Å². The molecular weight excluding hydrogens is 98.1 g/mol. The Kier molecular flexibility index (Phi) is 1.90. The van der Waals surface area contributed by atoms with Gasteiger partial charge in [-0.3, -0.25) is 0 Å². The van der Waals surface area contributed by atoms with Crippen molar-refractivity contribution in [1.82, 2.24) is 0 Å². The maximum Gasteiger partial charge on any atom is 0.0612 e. The van der Waals surface area contributed by atoms with Crippen LogP contribution in [0, 0.1) is 13.0 Å². The molecule has 1 rings (SSSR count). The third-order valence-corrected chi connectivity index (χ3v) is 1.85. The first-order valence-corrected chi connectivity index (χ1v) is 3.49. The molecule has 0 atom stereocenters. The monoisotopic (exact) mass is 113 g/mol. The molecule has 0 aromatic rings. The average molecular weight is 113 g/mol. The van der Waals surface area contributed by atoms with Gasteiger partial charge in [-0.2, -0.15) is 7.05 Å². The van der Waals surface area contributed by atoms with E-state index in [0.717, 1.165) is 5.92 Å². The maximum absolute atomic E-state index is 3.89. The van der Waals surface area contributed by atoms with Crippen molar-refractivity contribution in [2.24, 2.45) is 5.92 Å². The molecule has 0 saturated carbocycles. The Morgan fingerprint density at radius 1 is 1.62 bits per heavy atom. The molecule has 1 saturated heterocycles. The summed E-state index contributed by atoms with van der Waals surface area (Å²) >= 11 is 0. The number of nitrogens with one attached hydrogen (secondary N) is 1. The molecule has 0 bridgehead atoms. The lowest BCUT2D eigenvalue weighted by atomic mass is 9.96. The van der Waals surface area contributed by atoms with E-state index in [1.807, 2.05) is 0 Å². The van der Waals surface area contributed by atoms with E-state index >= 15 is 0 Å². The van der Waals surface area contributed by atoms with Crippen molar-refractivity contribution < 1.29 is 4.90 Å². The predicted molar refractivity (Wildman–Crippen MR) is 34.5 cm³/mol. The smallest absolute Gasteiger partial charge is 0.0612 e. The number of quaternary nitrogens is 1. The lowest BCUT2D eigenvalue weighted by molar-refractivity contribution is -0.907. The second-order valence-electron chi connectivity index (χ2n) is 2.81. The van der Waals surface area contributed by atoms with Crippen molar-refractivity contribution in [1.29, 1.82) is 0 Å². The van der Waals surface area contributed by atoms with Gasteiger partial charge in [0.05, 0.1) is 19.0 Å². The minimum atomic E-state index is 1.01. The number of hydrogen-bond acceptors (Lipinski definition) is 0. The highest BCUT2D eigenvalue weighted by molar-refractivity contribution is 4.61. The third-order valence-electron chi connectivity index (χ3n) is 1.85. The molecule has 1 fully saturated rings. The Morgan fingerprint density at radius 2 is 2.25 bits per heavy atom. The van der Waals surface area contributed by atoms with Crippen LogP contribution in [0.5, 0.6) is 0 Å². The van der Waals surface area contributed by atoms with Crippen LogP contribution in [0.25, 0.3) is 0 Å². The van der Waals surface area contributed by atoms with Gasteiger partial charge >= 0.3 is 0 Å². The molecule has 1 nitrogen and oxygen atoms in total. The molecule has 0 unspecified atom stereocenters. The first-order valence-electron chi connectivity index (χ1n) is 3.49. The SMILES string of the molecule is [CH2-][NH+]1CC(CCC)C1. The normalized spacial score (nSPS) is 36.8. The summed E-state index contributed by atoms with van der Waals surface area (Å²) in [6.07, 6.45) is 2.76. The molecule has 0 amide bonds. The standard InChI is InChI=1S/C7H15N/c1-3-4-7-5-8(2)6-7/h7-8H,2-6H2,1H3. The molecule has 0 aliphatic carbocycles. The molecule has 1 heteroatoms. The van der Waals surface area contributed by atoms with Gasteiger partial charge in [-0.25, -0.2) is 0 Å². The van der Waals surface area contributed by atoms with Crippen molar-refractivity contribution in [2.75, 3.05) is 13.1 Å². The Labute approximate surface area is 51.7 Å². The summed E-state index contributed by atoms with van der Waals surface area (Å²) in [5.41, 5.74) is 0. The number of rotatable bonds is 2. The fourth-order valence-electron chi connectivity index (χ4n) is 1.37. The van der Waals surface area contributed by atoms with Crippen molar-refractivity contribution in [2.45, 2.75) is 19.8 Å². The molecular formula is C7H15N. The Balaban J connectivity index is 1.98. The van der Waals surface area contributed by atoms with Gasteiger partial charge in [0.25, 0.3) is 0 Å². The van der Waals surface area contributed by atoms with Crippen LogP contribution in [0.1, 0.15) is 19.8 Å². The predicted octanol–water partition coefficient (Wildman–Crippen LogP) is 0.0928. The first-order chi connectivity index (χ1) is 3.83. The van der Waals surface area contributed by atoms with Gasteiger partial charge in [0.2, 0.25) is 0 Å². The van der Waals surface area contributed by atoms with E-state index in [9.17, 15) is 0 Å². The molecule has 48 valence electrons. The fourth-order valence-corrected chi connectivity index (χ4v) is 1.37. The molecule has 1 aliphatic heterocycles. The van der Waals surface area contributed by atoms with Crippen LogP contribution in [-0.4, -0.2) is 13.1 Å². The van der Waals surface area contributed by atoms with Crippen LogP contribution >= 0.6 is 0 Å². The van der Waals surface area contributed by atoms with Crippen LogP contribution < -0.4 is 4.90 Å². The van der Waals surface area contributed by atoms with Gasteiger partial charge in [0.15, 0.2) is 0 Å². The van der Waals surface area contributed by atoms with E-state index in [0.29, 0.717) is 0 Å². The van der Waals surface area contributed by atoms with Crippen LogP contribution in [-0.2, 0) is 0 Å². The highest BCUT2D eigenvalue weighted by atomic mass is 15.2. The quantitative estimate of drug-likeness (QED) is 0.484. The zero-order valence-electron chi connectivity index (χ0n) is 5.61. The topological polar surface area (TPSA) is 4.44 Å². The Bertz CT molecular complexity index is 62.0. The summed E-state index contributed by atoms with van der Waals surface area (Å²) in [5.74, 6) is 1.01. The van der Waals surface area contributed by atoms with Crippen LogP contribution in [0.2, 0.25) is 0 Å². The zero-order valence-corrected chi connectivity index (χ0v) is 5.61. The van der Waals surface area contributed by atoms with Gasteiger partial charge in [0, 0.05) is 0 Å². The summed E-state index contributed by atoms with van der Waals surface area (Å²) < 4.78 is 0. The maximum atomic E-state index is 3.89. The van der Waals surface area contributed by atoms with E-state index in [1.54, 1.807) is 0 Å². The largest absolute Gasteiger partial charge is 0.467 e. The summed E-state index contributed by atoms with van der Waals surface area (Å²) in [6, 6.07) is 0. The van der Waals surface area contributed by atoms with Crippen molar-refractivity contribution >= 4 is 0 Å². The molecule has 1 aliphatic rings. The second kappa shape index (κ2) is 2.49. The molecule has 0 aromatic heterocycles. The summed E-state index contributed by atoms with van der Waals surface area (Å²) in [7, 11) is 3.89. The minimum absolute atomic E-state index is 1.01. The van der Waals surface area contributed by atoms with Gasteiger partial charge < -0.3 is 4.90 Å². The average Bonchev–Trinajstić information content (AvgIpc) is 1.64. The molecule has 1 heterocycles. The number of likely N-dealkylation sites (tertiary alicyclic amines) is 1. The van der Waals surface area contributed by atoms with Gasteiger partial charge in [0.1, 0.15) is 0 Å². The molecule has 1 N–H and O–H groups in total. The molecule has 8 heavy (non-hydrogen) atoms. The van der Waals surface area contributed by atoms with Crippen LogP contribution in [0.15, 0.2) is 0 Å². The molecule has 0 spiro atoms. The Morgan fingerprint density at radius 3 is 2.62 bits per heavy atom. The van der Waals surface area contributed by atoms with Crippen molar-refractivity contribution in [3.63, 3.8) is 0 Å². The van der Waals surface area contributed by atoms with E-state index in [4.69, 9.17) is 0 Å². The highest BCUT2D eigenvalue weighted by Gasteiger charge is 2.22. The zero-order chi connectivity index (χ0) is 5.98. The van der Waals surface area contributed by atoms with Gasteiger partial charge in [-0.05, 0) is 6.42 Å². The van der Waals surface area contributed by atoms with Gasteiger partial charge in [-0.1, -0.05) is 13.3 Å². The van der Waals surface area contributed by atoms with Crippen molar-refractivity contribution in [3.05, 3.63) is 7.05 Å². The van der Waals surface area contributed by atoms with E-state index < -0.39 is 0 Å². The summed E-state index contributed by atoms with van der Waals surface area (Å²) in [4.78, 5) is 1.46. The van der Waals surface area contributed by atoms with Gasteiger partial charge in [-0.15, -0.1) is 0 Å². The van der Waals surface area contributed by atoms with E-state index in [1.165, 1.54) is 30.8 Å². The van der Waals surface area contributed by atoms with Crippen molar-refractivity contribution in [3.8, 4) is 0 Å². The second-order valence-corrected chi connectivity index (χ2v) is 2.81. The fraction of sp³-hybridized carbons (Fsp3) is 0.857. The third kappa shape index (κ3) is 1.22. The molecule has 0 aromatic carbocycles. The summed E-state index contributed by atoms with van der Waals surface area (Å²) in [5, 5.41) is 0. The van der Waals surface area contributed by atoms with Crippen LogP contribution in [0.3, 0.4) is 0 Å². The lowest BCUT2D eigenvalue weighted by Gasteiger charge is -2.37. The first kappa shape index (κ1) is 6.09. The van der Waals surface area contributed by atoms with E-state index in [-0.39, 0.29) is 0 Å². The minimum Gasteiger partial charge on any atom is -0.467 e. The summed E-state index contributed by atoms with van der Waals surface area (Å²) in [6.45, 7) is 4.88. The highest BCUT2D eigenvalue weighted by Crippen LogP contribution is 2.05.